The van der Waals surface area contributed by atoms with E-state index in [2.05, 4.69) is 0 Å². The summed E-state index contributed by atoms with van der Waals surface area (Å²) in [6, 6.07) is 4.96. The van der Waals surface area contributed by atoms with Crippen molar-refractivity contribution in [1.82, 2.24) is 0 Å². The molecule has 1 aromatic rings. The van der Waals surface area contributed by atoms with Crippen LogP contribution >= 0.6 is 11.8 Å². The summed E-state index contributed by atoms with van der Waals surface area (Å²) >= 11 is 2.00. The predicted molar refractivity (Wildman–Crippen MR) is 74.5 cm³/mol. The summed E-state index contributed by atoms with van der Waals surface area (Å²) < 4.78 is 19.1. The maximum Gasteiger partial charge on any atom is 0.169 e. The molecule has 0 aliphatic carbocycles. The number of nitrogens with two attached hydrogens (primary N) is 1. The molecule has 0 saturated carbocycles. The van der Waals surface area contributed by atoms with E-state index < -0.39 is 0 Å². The Morgan fingerprint density at radius 2 is 2.17 bits per heavy atom. The fourth-order valence-corrected chi connectivity index (χ4v) is 3.64. The number of methoxy groups -OCH3 is 1. The molecule has 1 aliphatic rings. The van der Waals surface area contributed by atoms with Crippen molar-refractivity contribution in [2.24, 2.45) is 11.7 Å². The van der Waals surface area contributed by atoms with Crippen LogP contribution in [0.25, 0.3) is 0 Å². The molecule has 0 aromatic heterocycles. The normalized spacial score (nSPS) is 18.6. The molecule has 1 aliphatic heterocycles. The Hall–Kier alpha value is -0.740. The maximum atomic E-state index is 14.1. The number of ether oxygens (including phenoxy) is 1. The van der Waals surface area contributed by atoms with Gasteiger partial charge in [-0.25, -0.2) is 4.39 Å². The van der Waals surface area contributed by atoms with Crippen molar-refractivity contribution in [3.05, 3.63) is 29.6 Å². The van der Waals surface area contributed by atoms with Crippen LogP contribution in [0.2, 0.25) is 0 Å². The van der Waals surface area contributed by atoms with Gasteiger partial charge in [-0.2, -0.15) is 11.8 Å². The van der Waals surface area contributed by atoms with Crippen molar-refractivity contribution in [2.45, 2.75) is 25.3 Å². The first-order chi connectivity index (χ1) is 8.72. The van der Waals surface area contributed by atoms with Crippen molar-refractivity contribution < 1.29 is 9.13 Å². The molecule has 1 aromatic carbocycles. The Labute approximate surface area is 112 Å². The second kappa shape index (κ2) is 6.43. The Morgan fingerprint density at radius 3 is 2.83 bits per heavy atom. The number of halogens is 1. The van der Waals surface area contributed by atoms with Crippen LogP contribution in [0.4, 0.5) is 4.39 Å². The van der Waals surface area contributed by atoms with E-state index >= 15 is 0 Å². The largest absolute Gasteiger partial charge is 0.494 e. The van der Waals surface area contributed by atoms with Crippen molar-refractivity contribution in [3.63, 3.8) is 0 Å². The first kappa shape index (κ1) is 13.7. The van der Waals surface area contributed by atoms with Gasteiger partial charge >= 0.3 is 0 Å². The number of hydrogen-bond acceptors (Lipinski definition) is 3. The van der Waals surface area contributed by atoms with Crippen LogP contribution in [0.3, 0.4) is 0 Å². The monoisotopic (exact) mass is 269 g/mol. The summed E-state index contributed by atoms with van der Waals surface area (Å²) in [7, 11) is 1.48. The fourth-order valence-electron chi connectivity index (χ4n) is 2.44. The topological polar surface area (TPSA) is 35.2 Å². The third-order valence-corrected chi connectivity index (χ3v) is 4.59. The molecule has 0 amide bonds. The van der Waals surface area contributed by atoms with Crippen LogP contribution in [0.1, 0.15) is 30.9 Å². The Bertz CT molecular complexity index is 393. The molecular weight excluding hydrogens is 249 g/mol. The summed E-state index contributed by atoms with van der Waals surface area (Å²) in [6.45, 7) is 0. The SMILES string of the molecule is COc1cccc(C(N)CC2CCSCC2)c1F. The van der Waals surface area contributed by atoms with E-state index in [0.29, 0.717) is 11.5 Å². The molecule has 1 heterocycles. The van der Waals surface area contributed by atoms with Gasteiger partial charge < -0.3 is 10.5 Å². The van der Waals surface area contributed by atoms with Crippen LogP contribution < -0.4 is 10.5 Å². The standard InChI is InChI=1S/C14H20FNOS/c1-17-13-4-2-3-11(14(13)15)12(16)9-10-5-7-18-8-6-10/h2-4,10,12H,5-9,16H2,1H3. The lowest BCUT2D eigenvalue weighted by Crippen LogP contribution is -2.19. The van der Waals surface area contributed by atoms with Gasteiger partial charge in [0.15, 0.2) is 11.6 Å². The summed E-state index contributed by atoms with van der Waals surface area (Å²) in [4.78, 5) is 0. The molecule has 0 bridgehead atoms. The summed E-state index contributed by atoms with van der Waals surface area (Å²) in [6.07, 6.45) is 3.26. The zero-order valence-corrected chi connectivity index (χ0v) is 11.5. The lowest BCUT2D eigenvalue weighted by Gasteiger charge is -2.24. The van der Waals surface area contributed by atoms with Crippen LogP contribution in [0, 0.1) is 11.7 Å². The first-order valence-corrected chi connectivity index (χ1v) is 7.53. The molecule has 0 spiro atoms. The van der Waals surface area contributed by atoms with E-state index in [4.69, 9.17) is 10.5 Å². The van der Waals surface area contributed by atoms with Gasteiger partial charge in [-0.1, -0.05) is 12.1 Å². The maximum absolute atomic E-state index is 14.1. The lowest BCUT2D eigenvalue weighted by molar-refractivity contribution is 0.373. The molecular formula is C14H20FNOS. The smallest absolute Gasteiger partial charge is 0.169 e. The zero-order chi connectivity index (χ0) is 13.0. The van der Waals surface area contributed by atoms with E-state index in [-0.39, 0.29) is 17.6 Å². The summed E-state index contributed by atoms with van der Waals surface area (Å²) in [5.74, 6) is 3.02. The highest BCUT2D eigenvalue weighted by Gasteiger charge is 2.21. The van der Waals surface area contributed by atoms with Crippen molar-refractivity contribution in [3.8, 4) is 5.75 Å². The summed E-state index contributed by atoms with van der Waals surface area (Å²) in [5, 5.41) is 0. The second-order valence-corrected chi connectivity index (χ2v) is 5.99. The van der Waals surface area contributed by atoms with Gasteiger partial charge in [0.05, 0.1) is 7.11 Å². The van der Waals surface area contributed by atoms with Gasteiger partial charge in [-0.15, -0.1) is 0 Å². The molecule has 0 radical (unpaired) electrons. The number of thioether (sulfide) groups is 1. The fraction of sp³-hybridized carbons (Fsp3) is 0.571. The third kappa shape index (κ3) is 3.18. The molecule has 2 nitrogen and oxygen atoms in total. The van der Waals surface area contributed by atoms with E-state index in [0.717, 1.165) is 6.42 Å². The predicted octanol–water partition coefficient (Wildman–Crippen LogP) is 3.37. The zero-order valence-electron chi connectivity index (χ0n) is 10.7. The molecule has 1 saturated heterocycles. The highest BCUT2D eigenvalue weighted by molar-refractivity contribution is 7.99. The second-order valence-electron chi connectivity index (χ2n) is 4.76. The molecule has 1 unspecified atom stereocenters. The van der Waals surface area contributed by atoms with Crippen LogP contribution in [-0.2, 0) is 0 Å². The first-order valence-electron chi connectivity index (χ1n) is 6.38. The Kier molecular flexibility index (Phi) is 4.89. The molecule has 4 heteroatoms. The van der Waals surface area contributed by atoms with Crippen molar-refractivity contribution in [2.75, 3.05) is 18.6 Å². The van der Waals surface area contributed by atoms with Gasteiger partial charge in [0.25, 0.3) is 0 Å². The van der Waals surface area contributed by atoms with Crippen molar-refractivity contribution >= 4 is 11.8 Å². The minimum absolute atomic E-state index is 0.229. The molecule has 2 rings (SSSR count). The van der Waals surface area contributed by atoms with Gasteiger partial charge in [0.2, 0.25) is 0 Å². The molecule has 1 fully saturated rings. The lowest BCUT2D eigenvalue weighted by atomic mass is 9.91. The molecule has 1 atom stereocenters. The quantitative estimate of drug-likeness (QED) is 0.910. The van der Waals surface area contributed by atoms with Crippen molar-refractivity contribution in [1.29, 1.82) is 0 Å². The highest BCUT2D eigenvalue weighted by Crippen LogP contribution is 2.32. The average molecular weight is 269 g/mol. The minimum Gasteiger partial charge on any atom is -0.494 e. The highest BCUT2D eigenvalue weighted by atomic mass is 32.2. The van der Waals surface area contributed by atoms with Crippen LogP contribution in [-0.4, -0.2) is 18.6 Å². The van der Waals surface area contributed by atoms with Gasteiger partial charge in [-0.05, 0) is 42.8 Å². The number of benzene rings is 1. The van der Waals surface area contributed by atoms with Crippen LogP contribution in [0.5, 0.6) is 5.75 Å². The molecule has 100 valence electrons. The summed E-state index contributed by atoms with van der Waals surface area (Å²) in [5.41, 5.74) is 6.72. The van der Waals surface area contributed by atoms with Crippen LogP contribution in [0.15, 0.2) is 18.2 Å². The minimum atomic E-state index is -0.308. The van der Waals surface area contributed by atoms with E-state index in [1.54, 1.807) is 18.2 Å². The van der Waals surface area contributed by atoms with E-state index in [1.165, 1.54) is 31.5 Å². The van der Waals surface area contributed by atoms with Gasteiger partial charge in [0, 0.05) is 11.6 Å². The third-order valence-electron chi connectivity index (χ3n) is 3.54. The Morgan fingerprint density at radius 1 is 1.44 bits per heavy atom. The number of rotatable bonds is 4. The molecule has 18 heavy (non-hydrogen) atoms. The average Bonchev–Trinajstić information content (AvgIpc) is 2.40. The Balaban J connectivity index is 2.05. The number of hydrogen-bond donors (Lipinski definition) is 1. The van der Waals surface area contributed by atoms with Gasteiger partial charge in [-0.3, -0.25) is 0 Å². The van der Waals surface area contributed by atoms with E-state index in [1.807, 2.05) is 11.8 Å². The van der Waals surface area contributed by atoms with Gasteiger partial charge in [0.1, 0.15) is 0 Å². The molecule has 2 N–H and O–H groups in total. The van der Waals surface area contributed by atoms with E-state index in [9.17, 15) is 4.39 Å².